The van der Waals surface area contributed by atoms with E-state index in [4.69, 9.17) is 5.11 Å². The lowest BCUT2D eigenvalue weighted by molar-refractivity contribution is -0.137. The topological polar surface area (TPSA) is 91.3 Å². The fourth-order valence-corrected chi connectivity index (χ4v) is 1.45. The number of rotatable bonds is 5. The maximum atomic E-state index is 11.5. The number of aromatic nitrogens is 1. The molecular formula is C12H17N3O3. The van der Waals surface area contributed by atoms with Crippen molar-refractivity contribution in [1.82, 2.24) is 15.6 Å². The molecule has 98 valence electrons. The van der Waals surface area contributed by atoms with Crippen molar-refractivity contribution in [3.63, 3.8) is 0 Å². The minimum absolute atomic E-state index is 0.0979. The highest BCUT2D eigenvalue weighted by molar-refractivity contribution is 5.75. The summed E-state index contributed by atoms with van der Waals surface area (Å²) in [5.41, 5.74) is 1.97. The molecule has 1 aromatic rings. The zero-order valence-corrected chi connectivity index (χ0v) is 10.4. The highest BCUT2D eigenvalue weighted by Gasteiger charge is 2.10. The van der Waals surface area contributed by atoms with E-state index in [2.05, 4.69) is 15.6 Å². The maximum Gasteiger partial charge on any atom is 0.315 e. The number of urea groups is 1. The third-order valence-electron chi connectivity index (χ3n) is 2.45. The van der Waals surface area contributed by atoms with Gasteiger partial charge in [0.05, 0.1) is 6.42 Å². The second-order valence-corrected chi connectivity index (χ2v) is 4.13. The third kappa shape index (κ3) is 4.82. The number of aryl methyl sites for hydroxylation is 1. The molecule has 1 atom stereocenters. The van der Waals surface area contributed by atoms with Gasteiger partial charge in [0.1, 0.15) is 0 Å². The number of carbonyl (C=O) groups excluding carboxylic acids is 1. The first-order valence-corrected chi connectivity index (χ1v) is 5.64. The standard InChI is InChI=1S/C12H17N3O3/c1-8-3-4-13-6-10(8)7-14-12(18)15-9(2)5-11(16)17/h3-4,6,9H,5,7H2,1-2H3,(H,16,17)(H2,14,15,18). The monoisotopic (exact) mass is 251 g/mol. The Labute approximate surface area is 105 Å². The Morgan fingerprint density at radius 1 is 1.50 bits per heavy atom. The molecule has 0 fully saturated rings. The van der Waals surface area contributed by atoms with Crippen LogP contribution in [0.5, 0.6) is 0 Å². The molecule has 1 aromatic heterocycles. The third-order valence-corrected chi connectivity index (χ3v) is 2.45. The average Bonchev–Trinajstić information content (AvgIpc) is 2.26. The molecule has 0 aliphatic rings. The van der Waals surface area contributed by atoms with Crippen molar-refractivity contribution in [2.75, 3.05) is 0 Å². The van der Waals surface area contributed by atoms with E-state index in [0.717, 1.165) is 11.1 Å². The van der Waals surface area contributed by atoms with E-state index in [9.17, 15) is 9.59 Å². The van der Waals surface area contributed by atoms with Crippen molar-refractivity contribution in [2.24, 2.45) is 0 Å². The quantitative estimate of drug-likeness (QED) is 0.729. The zero-order valence-electron chi connectivity index (χ0n) is 10.4. The Morgan fingerprint density at radius 2 is 2.22 bits per heavy atom. The van der Waals surface area contributed by atoms with E-state index >= 15 is 0 Å². The summed E-state index contributed by atoms with van der Waals surface area (Å²) in [4.78, 5) is 25.9. The largest absolute Gasteiger partial charge is 0.481 e. The van der Waals surface area contributed by atoms with Gasteiger partial charge in [0.2, 0.25) is 0 Å². The summed E-state index contributed by atoms with van der Waals surface area (Å²) in [7, 11) is 0. The van der Waals surface area contributed by atoms with Crippen molar-refractivity contribution in [1.29, 1.82) is 0 Å². The van der Waals surface area contributed by atoms with E-state index < -0.39 is 12.0 Å². The Morgan fingerprint density at radius 3 is 2.83 bits per heavy atom. The summed E-state index contributed by atoms with van der Waals surface area (Å²) in [6.45, 7) is 3.94. The second-order valence-electron chi connectivity index (χ2n) is 4.13. The van der Waals surface area contributed by atoms with Crippen LogP contribution >= 0.6 is 0 Å². The number of carboxylic acid groups (broad SMARTS) is 1. The van der Waals surface area contributed by atoms with Gasteiger partial charge in [-0.2, -0.15) is 0 Å². The maximum absolute atomic E-state index is 11.5. The van der Waals surface area contributed by atoms with Gasteiger partial charge >= 0.3 is 12.0 Å². The highest BCUT2D eigenvalue weighted by Crippen LogP contribution is 2.03. The van der Waals surface area contributed by atoms with E-state index in [1.165, 1.54) is 0 Å². The molecule has 0 bridgehead atoms. The molecule has 1 heterocycles. The van der Waals surface area contributed by atoms with Crippen molar-refractivity contribution in [3.05, 3.63) is 29.6 Å². The summed E-state index contributed by atoms with van der Waals surface area (Å²) >= 11 is 0. The van der Waals surface area contributed by atoms with Crippen LogP contribution in [0.15, 0.2) is 18.5 Å². The fourth-order valence-electron chi connectivity index (χ4n) is 1.45. The first-order chi connectivity index (χ1) is 8.49. The molecule has 0 saturated carbocycles. The first-order valence-electron chi connectivity index (χ1n) is 5.64. The minimum atomic E-state index is -0.939. The molecule has 1 rings (SSSR count). The SMILES string of the molecule is Cc1ccncc1CNC(=O)NC(C)CC(=O)O. The number of carboxylic acids is 1. The Kier molecular flexibility index (Phi) is 5.10. The molecule has 0 aliphatic heterocycles. The van der Waals surface area contributed by atoms with Gasteiger partial charge in [0, 0.05) is 25.0 Å². The summed E-state index contributed by atoms with van der Waals surface area (Å²) in [5, 5.41) is 13.8. The summed E-state index contributed by atoms with van der Waals surface area (Å²) < 4.78 is 0. The molecule has 0 spiro atoms. The first kappa shape index (κ1) is 14.0. The summed E-state index contributed by atoms with van der Waals surface area (Å²) in [5.74, 6) is -0.939. The van der Waals surface area contributed by atoms with Gasteiger partial charge in [0.25, 0.3) is 0 Å². The Hall–Kier alpha value is -2.11. The van der Waals surface area contributed by atoms with Gasteiger partial charge < -0.3 is 15.7 Å². The van der Waals surface area contributed by atoms with Gasteiger partial charge in [0.15, 0.2) is 0 Å². The Balaban J connectivity index is 2.38. The van der Waals surface area contributed by atoms with Gasteiger partial charge in [-0.1, -0.05) is 0 Å². The number of hydrogen-bond acceptors (Lipinski definition) is 3. The van der Waals surface area contributed by atoms with Crippen molar-refractivity contribution in [3.8, 4) is 0 Å². The molecule has 18 heavy (non-hydrogen) atoms. The van der Waals surface area contributed by atoms with Gasteiger partial charge in [-0.05, 0) is 31.0 Å². The molecular weight excluding hydrogens is 234 g/mol. The van der Waals surface area contributed by atoms with E-state index in [1.54, 1.807) is 19.3 Å². The molecule has 6 nitrogen and oxygen atoms in total. The highest BCUT2D eigenvalue weighted by atomic mass is 16.4. The van der Waals surface area contributed by atoms with Crippen LogP contribution in [0.2, 0.25) is 0 Å². The van der Waals surface area contributed by atoms with Crippen molar-refractivity contribution >= 4 is 12.0 Å². The predicted octanol–water partition coefficient (Wildman–Crippen LogP) is 1.05. The number of pyridine rings is 1. The molecule has 0 aromatic carbocycles. The van der Waals surface area contributed by atoms with Gasteiger partial charge in [-0.25, -0.2) is 4.79 Å². The molecule has 0 aliphatic carbocycles. The molecule has 3 N–H and O–H groups in total. The fraction of sp³-hybridized carbons (Fsp3) is 0.417. The molecule has 0 radical (unpaired) electrons. The molecule has 2 amide bonds. The smallest absolute Gasteiger partial charge is 0.315 e. The normalized spacial score (nSPS) is 11.7. The van der Waals surface area contributed by atoms with Crippen LogP contribution in [0.1, 0.15) is 24.5 Å². The van der Waals surface area contributed by atoms with Gasteiger partial charge in [-0.15, -0.1) is 0 Å². The number of nitrogens with one attached hydrogen (secondary N) is 2. The van der Waals surface area contributed by atoms with E-state index in [0.29, 0.717) is 6.54 Å². The lowest BCUT2D eigenvalue weighted by Crippen LogP contribution is -2.41. The van der Waals surface area contributed by atoms with E-state index in [1.807, 2.05) is 13.0 Å². The van der Waals surface area contributed by atoms with Crippen LogP contribution in [0, 0.1) is 6.92 Å². The number of carbonyl (C=O) groups is 2. The lowest BCUT2D eigenvalue weighted by Gasteiger charge is -2.13. The van der Waals surface area contributed by atoms with Crippen molar-refractivity contribution < 1.29 is 14.7 Å². The number of nitrogens with zero attached hydrogens (tertiary/aromatic N) is 1. The molecule has 6 heteroatoms. The molecule has 1 unspecified atom stereocenters. The van der Waals surface area contributed by atoms with Crippen LogP contribution in [-0.2, 0) is 11.3 Å². The van der Waals surface area contributed by atoms with Crippen molar-refractivity contribution in [2.45, 2.75) is 32.9 Å². The summed E-state index contributed by atoms with van der Waals surface area (Å²) in [6.07, 6.45) is 3.28. The molecule has 0 saturated heterocycles. The second kappa shape index (κ2) is 6.58. The van der Waals surface area contributed by atoms with Crippen LogP contribution in [-0.4, -0.2) is 28.1 Å². The number of amides is 2. The van der Waals surface area contributed by atoms with Crippen LogP contribution in [0.4, 0.5) is 4.79 Å². The number of hydrogen-bond donors (Lipinski definition) is 3. The Bertz CT molecular complexity index is 434. The lowest BCUT2D eigenvalue weighted by atomic mass is 10.2. The summed E-state index contributed by atoms with van der Waals surface area (Å²) in [6, 6.07) is 1.08. The average molecular weight is 251 g/mol. The van der Waals surface area contributed by atoms with Crippen LogP contribution in [0.3, 0.4) is 0 Å². The van der Waals surface area contributed by atoms with Crippen LogP contribution in [0.25, 0.3) is 0 Å². The number of aliphatic carboxylic acids is 1. The van der Waals surface area contributed by atoms with E-state index in [-0.39, 0.29) is 12.5 Å². The minimum Gasteiger partial charge on any atom is -0.481 e. The van der Waals surface area contributed by atoms with Gasteiger partial charge in [-0.3, -0.25) is 9.78 Å². The van der Waals surface area contributed by atoms with Crippen LogP contribution < -0.4 is 10.6 Å². The predicted molar refractivity (Wildman–Crippen MR) is 66.1 cm³/mol. The zero-order chi connectivity index (χ0) is 13.5.